The molecule has 0 saturated carbocycles. The number of anilines is 1. The number of nitro benzene ring substituents is 1. The van der Waals surface area contributed by atoms with E-state index in [0.717, 1.165) is 0 Å². The Morgan fingerprint density at radius 1 is 1.33 bits per heavy atom. The number of hydrogen-bond acceptors (Lipinski definition) is 5. The molecule has 114 valence electrons. The Morgan fingerprint density at radius 3 is 2.33 bits per heavy atom. The first-order valence-electron chi connectivity index (χ1n) is 6.08. The molecule has 0 atom stereocenters. The summed E-state index contributed by atoms with van der Waals surface area (Å²) in [6, 6.07) is 3.79. The minimum absolute atomic E-state index is 0.0138. The number of carboxylic acids is 1. The van der Waals surface area contributed by atoms with E-state index in [9.17, 15) is 19.7 Å². The van der Waals surface area contributed by atoms with E-state index in [1.807, 2.05) is 0 Å². The van der Waals surface area contributed by atoms with E-state index < -0.39 is 16.4 Å². The van der Waals surface area contributed by atoms with Crippen LogP contribution in [0.4, 0.5) is 11.4 Å². The molecule has 21 heavy (non-hydrogen) atoms. The van der Waals surface area contributed by atoms with Gasteiger partial charge in [-0.15, -0.1) is 0 Å². The van der Waals surface area contributed by atoms with E-state index in [4.69, 9.17) is 5.11 Å². The van der Waals surface area contributed by atoms with Crippen LogP contribution in [0, 0.1) is 10.1 Å². The lowest BCUT2D eigenvalue weighted by Crippen LogP contribution is -2.40. The Hall–Kier alpha value is -2.64. The van der Waals surface area contributed by atoms with E-state index in [1.165, 1.54) is 36.9 Å². The maximum Gasteiger partial charge on any atom is 0.328 e. The third kappa shape index (κ3) is 3.68. The zero-order valence-electron chi connectivity index (χ0n) is 12.2. The van der Waals surface area contributed by atoms with E-state index >= 15 is 0 Å². The quantitative estimate of drug-likeness (QED) is 0.629. The predicted octanol–water partition coefficient (Wildman–Crippen LogP) is 1.57. The van der Waals surface area contributed by atoms with Gasteiger partial charge in [0.25, 0.3) is 11.6 Å². The van der Waals surface area contributed by atoms with Crippen LogP contribution in [0.2, 0.25) is 0 Å². The number of carbonyl (C=O) groups excluding carboxylic acids is 1. The standard InChI is InChI=1S/C13H17N3O5/c1-13(2,12(18)19)14-9-7-8(11(17)15(3)4)5-6-10(9)16(20)21/h5-7,14H,1-4H3,(H,18,19). The number of aliphatic carboxylic acids is 1. The average Bonchev–Trinajstić information content (AvgIpc) is 2.36. The first kappa shape index (κ1) is 16.4. The number of amides is 1. The van der Waals surface area contributed by atoms with Crippen molar-refractivity contribution in [3.05, 3.63) is 33.9 Å². The second-order valence-corrected chi connectivity index (χ2v) is 5.24. The topological polar surface area (TPSA) is 113 Å². The Balaban J connectivity index is 3.32. The summed E-state index contributed by atoms with van der Waals surface area (Å²) in [6.07, 6.45) is 0. The van der Waals surface area contributed by atoms with E-state index in [2.05, 4.69) is 5.32 Å². The van der Waals surface area contributed by atoms with E-state index in [-0.39, 0.29) is 22.8 Å². The molecule has 0 aliphatic rings. The maximum absolute atomic E-state index is 11.9. The van der Waals surface area contributed by atoms with Crippen LogP contribution in [0.1, 0.15) is 24.2 Å². The van der Waals surface area contributed by atoms with Gasteiger partial charge < -0.3 is 15.3 Å². The second kappa shape index (κ2) is 5.78. The van der Waals surface area contributed by atoms with Gasteiger partial charge in [-0.25, -0.2) is 4.79 Å². The number of carboxylic acid groups (broad SMARTS) is 1. The van der Waals surface area contributed by atoms with Gasteiger partial charge in [0.2, 0.25) is 0 Å². The van der Waals surface area contributed by atoms with Gasteiger partial charge in [0.05, 0.1) is 4.92 Å². The van der Waals surface area contributed by atoms with Crippen molar-refractivity contribution in [1.29, 1.82) is 0 Å². The molecule has 2 N–H and O–H groups in total. The molecule has 0 aromatic heterocycles. The monoisotopic (exact) mass is 295 g/mol. The summed E-state index contributed by atoms with van der Waals surface area (Å²) in [5, 5.41) is 22.7. The maximum atomic E-state index is 11.9. The van der Waals surface area contributed by atoms with Crippen molar-refractivity contribution in [1.82, 2.24) is 4.90 Å². The fourth-order valence-electron chi connectivity index (χ4n) is 1.58. The fraction of sp³-hybridized carbons (Fsp3) is 0.385. The Kier molecular flexibility index (Phi) is 4.52. The molecule has 0 spiro atoms. The minimum Gasteiger partial charge on any atom is -0.480 e. The SMILES string of the molecule is CN(C)C(=O)c1ccc([N+](=O)[O-])c(NC(C)(C)C(=O)O)c1. The Labute approximate surface area is 121 Å². The molecular formula is C13H17N3O5. The van der Waals surface area contributed by atoms with Gasteiger partial charge in [-0.2, -0.15) is 0 Å². The summed E-state index contributed by atoms with van der Waals surface area (Å²) >= 11 is 0. The predicted molar refractivity (Wildman–Crippen MR) is 76.5 cm³/mol. The van der Waals surface area contributed by atoms with Crippen molar-refractivity contribution in [2.75, 3.05) is 19.4 Å². The Bertz CT molecular complexity index is 595. The molecule has 1 amide bonds. The summed E-state index contributed by atoms with van der Waals surface area (Å²) in [6.45, 7) is 2.75. The van der Waals surface area contributed by atoms with Crippen LogP contribution < -0.4 is 5.32 Å². The van der Waals surface area contributed by atoms with Crippen LogP contribution in [0.5, 0.6) is 0 Å². The molecule has 0 radical (unpaired) electrons. The van der Waals surface area contributed by atoms with Crippen molar-refractivity contribution >= 4 is 23.3 Å². The number of hydrogen-bond donors (Lipinski definition) is 2. The van der Waals surface area contributed by atoms with Crippen molar-refractivity contribution in [3.63, 3.8) is 0 Å². The van der Waals surface area contributed by atoms with Crippen molar-refractivity contribution in [2.45, 2.75) is 19.4 Å². The van der Waals surface area contributed by atoms with Gasteiger partial charge in [0.15, 0.2) is 0 Å². The van der Waals surface area contributed by atoms with Crippen LogP contribution in [0.15, 0.2) is 18.2 Å². The van der Waals surface area contributed by atoms with Gasteiger partial charge in [0.1, 0.15) is 11.2 Å². The number of nitrogens with zero attached hydrogens (tertiary/aromatic N) is 2. The first-order chi connectivity index (χ1) is 9.56. The minimum atomic E-state index is -1.41. The zero-order valence-corrected chi connectivity index (χ0v) is 12.2. The van der Waals surface area contributed by atoms with E-state index in [1.54, 1.807) is 14.1 Å². The molecule has 0 saturated heterocycles. The molecule has 1 aromatic carbocycles. The molecule has 0 bridgehead atoms. The third-order valence-corrected chi connectivity index (χ3v) is 2.83. The highest BCUT2D eigenvalue weighted by Crippen LogP contribution is 2.28. The van der Waals surface area contributed by atoms with Crippen molar-refractivity contribution in [3.8, 4) is 0 Å². The lowest BCUT2D eigenvalue weighted by Gasteiger charge is -2.22. The summed E-state index contributed by atoms with van der Waals surface area (Å²) in [5.41, 5.74) is -1.49. The van der Waals surface area contributed by atoms with Gasteiger partial charge in [-0.1, -0.05) is 0 Å². The number of benzene rings is 1. The normalized spacial score (nSPS) is 10.9. The molecule has 0 aliphatic heterocycles. The van der Waals surface area contributed by atoms with Crippen molar-refractivity contribution < 1.29 is 19.6 Å². The first-order valence-corrected chi connectivity index (χ1v) is 6.08. The lowest BCUT2D eigenvalue weighted by molar-refractivity contribution is -0.384. The van der Waals surface area contributed by atoms with Gasteiger partial charge in [0, 0.05) is 25.7 Å². The average molecular weight is 295 g/mol. The van der Waals surface area contributed by atoms with Crippen LogP contribution in [-0.2, 0) is 4.79 Å². The molecule has 8 nitrogen and oxygen atoms in total. The van der Waals surface area contributed by atoms with Crippen LogP contribution in [0.3, 0.4) is 0 Å². The van der Waals surface area contributed by atoms with Crippen molar-refractivity contribution in [2.24, 2.45) is 0 Å². The molecule has 8 heteroatoms. The summed E-state index contributed by atoms with van der Waals surface area (Å²) in [7, 11) is 3.11. The molecule has 1 rings (SSSR count). The molecule has 0 aliphatic carbocycles. The van der Waals surface area contributed by atoms with Gasteiger partial charge >= 0.3 is 5.97 Å². The molecule has 0 heterocycles. The number of nitrogens with one attached hydrogen (secondary N) is 1. The highest BCUT2D eigenvalue weighted by molar-refractivity contribution is 5.96. The third-order valence-electron chi connectivity index (χ3n) is 2.83. The smallest absolute Gasteiger partial charge is 0.328 e. The molecule has 1 aromatic rings. The number of rotatable bonds is 5. The summed E-state index contributed by atoms with van der Waals surface area (Å²) < 4.78 is 0. The van der Waals surface area contributed by atoms with Gasteiger partial charge in [-0.05, 0) is 26.0 Å². The summed E-state index contributed by atoms with van der Waals surface area (Å²) in [5.74, 6) is -1.50. The van der Waals surface area contributed by atoms with Crippen LogP contribution in [-0.4, -0.2) is 46.4 Å². The highest BCUT2D eigenvalue weighted by Gasteiger charge is 2.30. The van der Waals surface area contributed by atoms with Gasteiger partial charge in [-0.3, -0.25) is 14.9 Å². The zero-order chi connectivity index (χ0) is 16.4. The fourth-order valence-corrected chi connectivity index (χ4v) is 1.58. The lowest BCUT2D eigenvalue weighted by atomic mass is 10.0. The molecular weight excluding hydrogens is 278 g/mol. The molecule has 0 unspecified atom stereocenters. The number of carbonyl (C=O) groups is 2. The molecule has 0 fully saturated rings. The highest BCUT2D eigenvalue weighted by atomic mass is 16.6. The number of nitro groups is 1. The summed E-state index contributed by atoms with van der Waals surface area (Å²) in [4.78, 5) is 34.7. The van der Waals surface area contributed by atoms with Crippen LogP contribution >= 0.6 is 0 Å². The second-order valence-electron chi connectivity index (χ2n) is 5.24. The van der Waals surface area contributed by atoms with Crippen LogP contribution in [0.25, 0.3) is 0 Å². The Morgan fingerprint density at radius 2 is 1.90 bits per heavy atom. The largest absolute Gasteiger partial charge is 0.480 e. The van der Waals surface area contributed by atoms with E-state index in [0.29, 0.717) is 0 Å².